The molecule has 1 aromatic heterocycles. The number of carbonyl (C=O) groups excluding carboxylic acids is 1. The third-order valence-electron chi connectivity index (χ3n) is 5.98. The van der Waals surface area contributed by atoms with Gasteiger partial charge in [0.1, 0.15) is 0 Å². The molecule has 2 N–H and O–H groups in total. The molecule has 2 heterocycles. The Morgan fingerprint density at radius 2 is 1.90 bits per heavy atom. The van der Waals surface area contributed by atoms with Gasteiger partial charge in [0.2, 0.25) is 0 Å². The Balaban J connectivity index is 1.19. The molecule has 154 valence electrons. The van der Waals surface area contributed by atoms with Crippen molar-refractivity contribution in [3.63, 3.8) is 0 Å². The van der Waals surface area contributed by atoms with Gasteiger partial charge in [-0.15, -0.1) is 0 Å². The van der Waals surface area contributed by atoms with Crippen LogP contribution < -0.4 is 5.32 Å². The van der Waals surface area contributed by atoms with E-state index in [-0.39, 0.29) is 5.91 Å². The number of aromatic amines is 1. The first kappa shape index (κ1) is 19.0. The molecule has 0 radical (unpaired) electrons. The van der Waals surface area contributed by atoms with Crippen LogP contribution in [-0.4, -0.2) is 60.4 Å². The number of morpholine rings is 1. The molecule has 2 aliphatic rings. The highest BCUT2D eigenvalue weighted by Gasteiger charge is 2.24. The number of benzene rings is 2. The number of amides is 1. The zero-order valence-corrected chi connectivity index (χ0v) is 17.0. The SMILES string of the molecule is O=C(NCCCN1CCOCC1)c1ccc(-c2n[nH]c3c2Cc2ccccc2-3)cc1. The standard InChI is InChI=1S/C24H26N4O2/c29-24(25-10-3-11-28-12-14-30-15-13-28)18-8-6-17(7-9-18)22-21-16-19-4-1-2-5-20(19)23(21)27-26-22/h1-2,4-9H,3,10-16H2,(H,25,29)(H,26,27). The first-order chi connectivity index (χ1) is 14.8. The van der Waals surface area contributed by atoms with Crippen molar-refractivity contribution >= 4 is 5.91 Å². The largest absolute Gasteiger partial charge is 0.379 e. The number of H-pyrrole nitrogens is 1. The van der Waals surface area contributed by atoms with Gasteiger partial charge in [0.25, 0.3) is 5.91 Å². The summed E-state index contributed by atoms with van der Waals surface area (Å²) in [4.78, 5) is 14.8. The molecule has 30 heavy (non-hydrogen) atoms. The van der Waals surface area contributed by atoms with E-state index in [0.29, 0.717) is 12.1 Å². The number of nitrogens with zero attached hydrogens (tertiary/aromatic N) is 2. The second-order valence-corrected chi connectivity index (χ2v) is 7.90. The van der Waals surface area contributed by atoms with Crippen LogP contribution in [0.15, 0.2) is 48.5 Å². The van der Waals surface area contributed by atoms with Crippen molar-refractivity contribution in [1.82, 2.24) is 20.4 Å². The van der Waals surface area contributed by atoms with E-state index in [1.165, 1.54) is 16.7 Å². The van der Waals surface area contributed by atoms with Gasteiger partial charge in [0.15, 0.2) is 0 Å². The fourth-order valence-electron chi connectivity index (χ4n) is 4.32. The number of hydrogen-bond acceptors (Lipinski definition) is 4. The average Bonchev–Trinajstić information content (AvgIpc) is 3.37. The Bertz CT molecular complexity index is 1040. The lowest BCUT2D eigenvalue weighted by molar-refractivity contribution is 0.0374. The number of nitrogens with one attached hydrogen (secondary N) is 2. The minimum absolute atomic E-state index is 0.0248. The monoisotopic (exact) mass is 402 g/mol. The summed E-state index contributed by atoms with van der Waals surface area (Å²) in [5.74, 6) is -0.0248. The molecule has 0 atom stereocenters. The molecule has 1 aliphatic carbocycles. The van der Waals surface area contributed by atoms with E-state index in [1.807, 2.05) is 24.3 Å². The predicted molar refractivity (Wildman–Crippen MR) is 116 cm³/mol. The lowest BCUT2D eigenvalue weighted by Crippen LogP contribution is -2.38. The maximum Gasteiger partial charge on any atom is 0.251 e. The first-order valence-corrected chi connectivity index (χ1v) is 10.6. The fourth-order valence-corrected chi connectivity index (χ4v) is 4.32. The Morgan fingerprint density at radius 1 is 1.10 bits per heavy atom. The quantitative estimate of drug-likeness (QED) is 0.486. The van der Waals surface area contributed by atoms with Crippen LogP contribution in [0.25, 0.3) is 22.5 Å². The fraction of sp³-hybridized carbons (Fsp3) is 0.333. The van der Waals surface area contributed by atoms with E-state index in [2.05, 4.69) is 44.7 Å². The van der Waals surface area contributed by atoms with Crippen LogP contribution in [0.3, 0.4) is 0 Å². The van der Waals surface area contributed by atoms with Crippen LogP contribution in [0.5, 0.6) is 0 Å². The Labute approximate surface area is 176 Å². The second-order valence-electron chi connectivity index (χ2n) is 7.90. The summed E-state index contributed by atoms with van der Waals surface area (Å²) in [7, 11) is 0. The maximum absolute atomic E-state index is 12.5. The third-order valence-corrected chi connectivity index (χ3v) is 5.98. The number of fused-ring (bicyclic) bond motifs is 3. The molecular formula is C24H26N4O2. The van der Waals surface area contributed by atoms with Crippen LogP contribution in [0.1, 0.15) is 27.9 Å². The molecule has 2 aromatic carbocycles. The molecule has 0 unspecified atom stereocenters. The van der Waals surface area contributed by atoms with Crippen molar-refractivity contribution in [3.8, 4) is 22.5 Å². The summed E-state index contributed by atoms with van der Waals surface area (Å²) in [6.07, 6.45) is 1.84. The van der Waals surface area contributed by atoms with E-state index in [0.717, 1.165) is 62.6 Å². The van der Waals surface area contributed by atoms with Gasteiger partial charge >= 0.3 is 0 Å². The topological polar surface area (TPSA) is 70.2 Å². The molecule has 1 saturated heterocycles. The summed E-state index contributed by atoms with van der Waals surface area (Å²) < 4.78 is 5.36. The van der Waals surface area contributed by atoms with Crippen LogP contribution in [0.2, 0.25) is 0 Å². The van der Waals surface area contributed by atoms with E-state index in [1.54, 1.807) is 0 Å². The molecular weight excluding hydrogens is 376 g/mol. The first-order valence-electron chi connectivity index (χ1n) is 10.6. The summed E-state index contributed by atoms with van der Waals surface area (Å²) >= 11 is 0. The lowest BCUT2D eigenvalue weighted by Gasteiger charge is -2.26. The zero-order chi connectivity index (χ0) is 20.3. The van der Waals surface area contributed by atoms with Crippen LogP contribution in [0, 0.1) is 0 Å². The highest BCUT2D eigenvalue weighted by atomic mass is 16.5. The molecule has 0 bridgehead atoms. The molecule has 1 fully saturated rings. The Hall–Kier alpha value is -2.96. The Kier molecular flexibility index (Phi) is 5.34. The molecule has 6 nitrogen and oxygen atoms in total. The van der Waals surface area contributed by atoms with E-state index in [4.69, 9.17) is 4.74 Å². The smallest absolute Gasteiger partial charge is 0.251 e. The molecule has 3 aromatic rings. The molecule has 6 heteroatoms. The minimum Gasteiger partial charge on any atom is -0.379 e. The number of hydrogen-bond donors (Lipinski definition) is 2. The van der Waals surface area contributed by atoms with Gasteiger partial charge in [-0.25, -0.2) is 0 Å². The highest BCUT2D eigenvalue weighted by molar-refractivity contribution is 5.94. The van der Waals surface area contributed by atoms with Gasteiger partial charge in [-0.1, -0.05) is 36.4 Å². The van der Waals surface area contributed by atoms with E-state index < -0.39 is 0 Å². The van der Waals surface area contributed by atoms with E-state index in [9.17, 15) is 4.79 Å². The van der Waals surface area contributed by atoms with Crippen molar-refractivity contribution in [2.75, 3.05) is 39.4 Å². The van der Waals surface area contributed by atoms with Gasteiger partial charge in [-0.3, -0.25) is 14.8 Å². The maximum atomic E-state index is 12.5. The molecule has 1 amide bonds. The van der Waals surface area contributed by atoms with Crippen LogP contribution in [0.4, 0.5) is 0 Å². The summed E-state index contributed by atoms with van der Waals surface area (Å²) in [5.41, 5.74) is 7.59. The third kappa shape index (κ3) is 3.76. The van der Waals surface area contributed by atoms with Crippen LogP contribution >= 0.6 is 0 Å². The van der Waals surface area contributed by atoms with Crippen molar-refractivity contribution < 1.29 is 9.53 Å². The molecule has 0 spiro atoms. The van der Waals surface area contributed by atoms with Crippen molar-refractivity contribution in [2.45, 2.75) is 12.8 Å². The molecule has 5 rings (SSSR count). The molecule has 0 saturated carbocycles. The van der Waals surface area contributed by atoms with Crippen molar-refractivity contribution in [2.24, 2.45) is 0 Å². The van der Waals surface area contributed by atoms with E-state index >= 15 is 0 Å². The van der Waals surface area contributed by atoms with Crippen molar-refractivity contribution in [1.29, 1.82) is 0 Å². The van der Waals surface area contributed by atoms with Gasteiger partial charge < -0.3 is 10.1 Å². The number of carbonyl (C=O) groups is 1. The summed E-state index contributed by atoms with van der Waals surface area (Å²) in [6, 6.07) is 16.2. The lowest BCUT2D eigenvalue weighted by atomic mass is 10.0. The Morgan fingerprint density at radius 3 is 2.73 bits per heavy atom. The van der Waals surface area contributed by atoms with Gasteiger partial charge in [-0.2, -0.15) is 5.10 Å². The van der Waals surface area contributed by atoms with Crippen LogP contribution in [-0.2, 0) is 11.2 Å². The highest BCUT2D eigenvalue weighted by Crippen LogP contribution is 2.39. The predicted octanol–water partition coefficient (Wildman–Crippen LogP) is 3.10. The van der Waals surface area contributed by atoms with Gasteiger partial charge in [-0.05, 0) is 30.7 Å². The number of rotatable bonds is 6. The molecule has 1 aliphatic heterocycles. The summed E-state index contributed by atoms with van der Waals surface area (Å²) in [6.45, 7) is 5.26. The zero-order valence-electron chi connectivity index (χ0n) is 17.0. The van der Waals surface area contributed by atoms with Crippen molar-refractivity contribution in [3.05, 3.63) is 65.2 Å². The number of aromatic nitrogens is 2. The normalized spacial score (nSPS) is 15.6. The van der Waals surface area contributed by atoms with Gasteiger partial charge in [0, 0.05) is 48.3 Å². The number of ether oxygens (including phenoxy) is 1. The average molecular weight is 402 g/mol. The second kappa shape index (κ2) is 8.42. The van der Waals surface area contributed by atoms with Gasteiger partial charge in [0.05, 0.1) is 24.6 Å². The minimum atomic E-state index is -0.0248. The summed E-state index contributed by atoms with van der Waals surface area (Å²) in [5, 5.41) is 10.8.